The van der Waals surface area contributed by atoms with Gasteiger partial charge in [-0.15, -0.1) is 0 Å². The van der Waals surface area contributed by atoms with E-state index in [0.29, 0.717) is 36.6 Å². The summed E-state index contributed by atoms with van der Waals surface area (Å²) in [5, 5.41) is 11.1. The summed E-state index contributed by atoms with van der Waals surface area (Å²) < 4.78 is 24.7. The molecule has 182 valence electrons. The van der Waals surface area contributed by atoms with Gasteiger partial charge in [0.2, 0.25) is 0 Å². The molecule has 1 aliphatic rings. The number of aliphatic hydroxyl groups is 1. The molecule has 1 atom stereocenters. The molecule has 0 unspecified atom stereocenters. The van der Waals surface area contributed by atoms with E-state index in [-0.39, 0.29) is 16.9 Å². The van der Waals surface area contributed by atoms with Gasteiger partial charge in [0.25, 0.3) is 11.7 Å². The Morgan fingerprint density at radius 2 is 1.82 bits per heavy atom. The fourth-order valence-corrected chi connectivity index (χ4v) is 3.96. The number of aliphatic hydroxyl groups excluding tert-OH is 1. The highest BCUT2D eigenvalue weighted by Crippen LogP contribution is 2.42. The maximum atomic E-state index is 13.4. The second-order valence-corrected chi connectivity index (χ2v) is 8.41. The van der Waals surface area contributed by atoms with Crippen molar-refractivity contribution in [3.05, 3.63) is 65.0 Å². The maximum absolute atomic E-state index is 13.4. The van der Waals surface area contributed by atoms with Crippen LogP contribution in [0.5, 0.6) is 11.5 Å². The molecule has 1 fully saturated rings. The van der Waals surface area contributed by atoms with Crippen LogP contribution in [0.4, 0.5) is 4.39 Å². The molecule has 2 aromatic carbocycles. The average molecular weight is 471 g/mol. The van der Waals surface area contributed by atoms with Gasteiger partial charge < -0.3 is 24.4 Å². The second-order valence-electron chi connectivity index (χ2n) is 8.41. The Kier molecular flexibility index (Phi) is 8.28. The fraction of sp³-hybridized carbons (Fsp3) is 0.385. The molecular weight excluding hydrogens is 439 g/mol. The highest BCUT2D eigenvalue weighted by Gasteiger charge is 2.46. The molecule has 8 heteroatoms. The summed E-state index contributed by atoms with van der Waals surface area (Å²) >= 11 is 0. The first kappa shape index (κ1) is 25.2. The molecule has 0 aromatic heterocycles. The molecular formula is C26H31FN2O5. The Morgan fingerprint density at radius 3 is 2.44 bits per heavy atom. The molecule has 0 aliphatic carbocycles. The summed E-state index contributed by atoms with van der Waals surface area (Å²) in [6.07, 6.45) is 1.47. The van der Waals surface area contributed by atoms with Crippen molar-refractivity contribution in [3.63, 3.8) is 0 Å². The highest BCUT2D eigenvalue weighted by atomic mass is 19.1. The number of halogens is 1. The number of Topliss-reactive ketones (excluding diaryl/α,β-unsaturated/α-hetero) is 1. The zero-order valence-corrected chi connectivity index (χ0v) is 20.0. The van der Waals surface area contributed by atoms with Crippen molar-refractivity contribution >= 4 is 17.4 Å². The van der Waals surface area contributed by atoms with Gasteiger partial charge >= 0.3 is 0 Å². The molecule has 1 N–H and O–H groups in total. The number of ether oxygens (including phenoxy) is 2. The van der Waals surface area contributed by atoms with Gasteiger partial charge in [-0.1, -0.05) is 13.0 Å². The van der Waals surface area contributed by atoms with E-state index in [1.165, 1.54) is 36.3 Å². The van der Waals surface area contributed by atoms with Gasteiger partial charge in [-0.3, -0.25) is 9.59 Å². The molecule has 0 saturated carbocycles. The largest absolute Gasteiger partial charge is 0.507 e. The van der Waals surface area contributed by atoms with E-state index in [4.69, 9.17) is 9.47 Å². The van der Waals surface area contributed by atoms with E-state index >= 15 is 0 Å². The van der Waals surface area contributed by atoms with Crippen LogP contribution in [-0.4, -0.2) is 67.5 Å². The minimum Gasteiger partial charge on any atom is -0.507 e. The summed E-state index contributed by atoms with van der Waals surface area (Å²) in [6.45, 7) is 3.56. The Balaban J connectivity index is 2.10. The monoisotopic (exact) mass is 470 g/mol. The number of rotatable bonds is 10. The van der Waals surface area contributed by atoms with Crippen LogP contribution in [0.25, 0.3) is 5.76 Å². The minimum absolute atomic E-state index is 0.0364. The summed E-state index contributed by atoms with van der Waals surface area (Å²) in [4.78, 5) is 29.6. The first-order valence-corrected chi connectivity index (χ1v) is 11.3. The zero-order chi connectivity index (χ0) is 24.8. The molecule has 3 rings (SSSR count). The normalized spacial score (nSPS) is 17.5. The molecule has 1 amide bonds. The number of nitrogens with zero attached hydrogens (tertiary/aromatic N) is 2. The van der Waals surface area contributed by atoms with E-state index in [9.17, 15) is 19.1 Å². The third-order valence-corrected chi connectivity index (χ3v) is 5.63. The number of ketones is 1. The van der Waals surface area contributed by atoms with Gasteiger partial charge in [0.05, 0.1) is 25.3 Å². The molecule has 1 saturated heterocycles. The van der Waals surface area contributed by atoms with Crippen LogP contribution in [0.3, 0.4) is 0 Å². The zero-order valence-electron chi connectivity index (χ0n) is 20.0. The second kappa shape index (κ2) is 11.2. The van der Waals surface area contributed by atoms with Crippen molar-refractivity contribution in [2.45, 2.75) is 25.8 Å². The number of methoxy groups -OCH3 is 1. The van der Waals surface area contributed by atoms with Crippen molar-refractivity contribution in [1.82, 2.24) is 9.80 Å². The smallest absolute Gasteiger partial charge is 0.295 e. The Bertz CT molecular complexity index is 1070. The summed E-state index contributed by atoms with van der Waals surface area (Å²) in [5.41, 5.74) is 0.826. The van der Waals surface area contributed by atoms with Crippen LogP contribution in [0.15, 0.2) is 48.0 Å². The van der Waals surface area contributed by atoms with E-state index in [2.05, 4.69) is 0 Å². The number of benzene rings is 2. The maximum Gasteiger partial charge on any atom is 0.295 e. The Morgan fingerprint density at radius 1 is 1.12 bits per heavy atom. The lowest BCUT2D eigenvalue weighted by atomic mass is 9.95. The molecule has 1 heterocycles. The van der Waals surface area contributed by atoms with Gasteiger partial charge in [0, 0.05) is 12.1 Å². The van der Waals surface area contributed by atoms with Crippen LogP contribution in [-0.2, 0) is 9.59 Å². The van der Waals surface area contributed by atoms with Crippen LogP contribution in [0, 0.1) is 5.82 Å². The van der Waals surface area contributed by atoms with Crippen LogP contribution in [0.2, 0.25) is 0 Å². The summed E-state index contributed by atoms with van der Waals surface area (Å²) in [7, 11) is 5.38. The molecule has 0 radical (unpaired) electrons. The van der Waals surface area contributed by atoms with E-state index in [0.717, 1.165) is 13.0 Å². The number of amides is 1. The third-order valence-electron chi connectivity index (χ3n) is 5.63. The summed E-state index contributed by atoms with van der Waals surface area (Å²) in [6, 6.07) is 9.55. The lowest BCUT2D eigenvalue weighted by molar-refractivity contribution is -0.139. The average Bonchev–Trinajstić information content (AvgIpc) is 3.07. The van der Waals surface area contributed by atoms with Crippen molar-refractivity contribution in [2.75, 3.05) is 40.9 Å². The van der Waals surface area contributed by atoms with E-state index in [1.807, 2.05) is 25.9 Å². The van der Waals surface area contributed by atoms with Crippen molar-refractivity contribution in [2.24, 2.45) is 0 Å². The predicted octanol–water partition coefficient (Wildman–Crippen LogP) is 4.00. The van der Waals surface area contributed by atoms with Crippen LogP contribution >= 0.6 is 0 Å². The lowest BCUT2D eigenvalue weighted by Gasteiger charge is -2.26. The minimum atomic E-state index is -0.818. The van der Waals surface area contributed by atoms with Crippen molar-refractivity contribution in [1.29, 1.82) is 0 Å². The summed E-state index contributed by atoms with van der Waals surface area (Å²) in [5.74, 6) is -1.25. The van der Waals surface area contributed by atoms with Gasteiger partial charge in [-0.2, -0.15) is 0 Å². The van der Waals surface area contributed by atoms with Crippen LogP contribution < -0.4 is 9.47 Å². The van der Waals surface area contributed by atoms with E-state index < -0.39 is 23.5 Å². The lowest BCUT2D eigenvalue weighted by Crippen LogP contribution is -2.32. The molecule has 0 spiro atoms. The van der Waals surface area contributed by atoms with Gasteiger partial charge in [-0.05, 0) is 75.4 Å². The number of likely N-dealkylation sites (tertiary alicyclic amines) is 1. The number of carbonyl (C=O) groups excluding carboxylic acids is 2. The first-order chi connectivity index (χ1) is 16.3. The van der Waals surface area contributed by atoms with E-state index in [1.54, 1.807) is 18.2 Å². The van der Waals surface area contributed by atoms with Crippen molar-refractivity contribution < 1.29 is 28.6 Å². The standard InChI is InChI=1S/C26H31FN2O5/c1-5-15-34-20-12-9-18(16-21(20)33-4)23-22(24(30)17-7-10-19(27)11-8-17)25(31)26(32)29(23)14-6-13-28(2)3/h7-12,16,23,30H,5-6,13-15H2,1-4H3/t23-/m0/s1. The van der Waals surface area contributed by atoms with Crippen LogP contribution in [0.1, 0.15) is 36.9 Å². The van der Waals surface area contributed by atoms with Gasteiger partial charge in [0.1, 0.15) is 11.6 Å². The predicted molar refractivity (Wildman–Crippen MR) is 127 cm³/mol. The highest BCUT2D eigenvalue weighted by molar-refractivity contribution is 6.46. The topological polar surface area (TPSA) is 79.3 Å². The Hall–Kier alpha value is -3.39. The van der Waals surface area contributed by atoms with Gasteiger partial charge in [-0.25, -0.2) is 4.39 Å². The van der Waals surface area contributed by atoms with Crippen molar-refractivity contribution in [3.8, 4) is 11.5 Å². The number of hydrogen-bond acceptors (Lipinski definition) is 6. The SMILES string of the molecule is CCCOc1ccc([C@H]2C(=C(O)c3ccc(F)cc3)C(=O)C(=O)N2CCCN(C)C)cc1OC. The number of carbonyl (C=O) groups is 2. The fourth-order valence-electron chi connectivity index (χ4n) is 3.96. The molecule has 0 bridgehead atoms. The molecule has 1 aliphatic heterocycles. The Labute approximate surface area is 199 Å². The molecule has 7 nitrogen and oxygen atoms in total. The molecule has 2 aromatic rings. The quantitative estimate of drug-likeness (QED) is 0.321. The van der Waals surface area contributed by atoms with Gasteiger partial charge in [0.15, 0.2) is 11.5 Å². The first-order valence-electron chi connectivity index (χ1n) is 11.3. The third kappa shape index (κ3) is 5.39. The number of hydrogen-bond donors (Lipinski definition) is 1. The molecule has 34 heavy (non-hydrogen) atoms.